The summed E-state index contributed by atoms with van der Waals surface area (Å²) in [4.78, 5) is 26.0. The maximum atomic E-state index is 11.7. The van der Waals surface area contributed by atoms with Gasteiger partial charge in [0.1, 0.15) is 0 Å². The van der Waals surface area contributed by atoms with Crippen LogP contribution in [-0.2, 0) is 9.59 Å². The third kappa shape index (κ3) is 4.29. The van der Waals surface area contributed by atoms with E-state index >= 15 is 0 Å². The van der Waals surface area contributed by atoms with Gasteiger partial charge in [-0.25, -0.2) is 0 Å². The number of nitrogens with zero attached hydrogens (tertiary/aromatic N) is 2. The van der Waals surface area contributed by atoms with E-state index in [-0.39, 0.29) is 24.3 Å². The molecule has 15 heavy (non-hydrogen) atoms. The largest absolute Gasteiger partial charge is 0.347 e. The molecule has 2 amide bonds. The third-order valence-electron chi connectivity index (χ3n) is 2.37. The van der Waals surface area contributed by atoms with Gasteiger partial charge in [0.2, 0.25) is 11.8 Å². The molecule has 0 rings (SSSR count). The molecule has 88 valence electrons. The number of carbonyl (C=O) groups excluding carboxylic acids is 2. The molecule has 0 radical (unpaired) electrons. The molecule has 0 aromatic rings. The molecular formula is C10H21N3O2. The Bertz CT molecular complexity index is 225. The van der Waals surface area contributed by atoms with Crippen LogP contribution in [-0.4, -0.2) is 55.8 Å². The first-order valence-electron chi connectivity index (χ1n) is 5.09. The first kappa shape index (κ1) is 13.9. The second kappa shape index (κ2) is 6.40. The molecule has 0 saturated carbocycles. The minimum atomic E-state index is -0.176. The van der Waals surface area contributed by atoms with Crippen molar-refractivity contribution in [3.8, 4) is 0 Å². The molecule has 0 aromatic heterocycles. The summed E-state index contributed by atoms with van der Waals surface area (Å²) in [6.07, 6.45) is 0.704. The van der Waals surface area contributed by atoms with Crippen LogP contribution in [0.15, 0.2) is 0 Å². The molecule has 0 fully saturated rings. The van der Waals surface area contributed by atoms with Crippen molar-refractivity contribution in [1.29, 1.82) is 0 Å². The quantitative estimate of drug-likeness (QED) is 0.673. The fourth-order valence-corrected chi connectivity index (χ4v) is 1.18. The van der Waals surface area contributed by atoms with E-state index in [9.17, 15) is 9.59 Å². The van der Waals surface area contributed by atoms with E-state index in [1.165, 1.54) is 9.80 Å². The Balaban J connectivity index is 4.26. The summed E-state index contributed by atoms with van der Waals surface area (Å²) < 4.78 is 0. The number of likely N-dealkylation sites (N-methyl/N-ethyl adjacent to an activating group) is 2. The van der Waals surface area contributed by atoms with Crippen molar-refractivity contribution >= 4 is 11.8 Å². The van der Waals surface area contributed by atoms with Gasteiger partial charge in [-0.1, -0.05) is 6.92 Å². The highest BCUT2D eigenvalue weighted by Gasteiger charge is 2.20. The van der Waals surface area contributed by atoms with E-state index in [1.807, 2.05) is 6.92 Å². The molecule has 1 atom stereocenters. The molecule has 0 heterocycles. The number of hydrogen-bond donors (Lipinski definition) is 1. The molecule has 0 aliphatic carbocycles. The fraction of sp³-hybridized carbons (Fsp3) is 0.800. The Morgan fingerprint density at radius 2 is 1.80 bits per heavy atom. The van der Waals surface area contributed by atoms with E-state index in [2.05, 4.69) is 0 Å². The molecule has 0 aliphatic heterocycles. The number of rotatable bonds is 5. The Morgan fingerprint density at radius 1 is 1.27 bits per heavy atom. The Kier molecular flexibility index (Phi) is 5.93. The van der Waals surface area contributed by atoms with Crippen molar-refractivity contribution in [1.82, 2.24) is 9.80 Å². The van der Waals surface area contributed by atoms with Gasteiger partial charge in [-0.2, -0.15) is 0 Å². The van der Waals surface area contributed by atoms with Gasteiger partial charge in [0.05, 0.1) is 12.5 Å². The summed E-state index contributed by atoms with van der Waals surface area (Å²) in [5, 5.41) is 0. The van der Waals surface area contributed by atoms with Crippen molar-refractivity contribution in [2.75, 3.05) is 34.2 Å². The lowest BCUT2D eigenvalue weighted by molar-refractivity contribution is -0.140. The van der Waals surface area contributed by atoms with E-state index < -0.39 is 0 Å². The van der Waals surface area contributed by atoms with Gasteiger partial charge >= 0.3 is 0 Å². The summed E-state index contributed by atoms with van der Waals surface area (Å²) in [5.41, 5.74) is 5.47. The highest BCUT2D eigenvalue weighted by Crippen LogP contribution is 2.04. The zero-order chi connectivity index (χ0) is 12.0. The summed E-state index contributed by atoms with van der Waals surface area (Å²) in [5.74, 6) is -0.321. The average Bonchev–Trinajstić information content (AvgIpc) is 2.19. The van der Waals surface area contributed by atoms with Gasteiger partial charge in [0, 0.05) is 27.7 Å². The molecule has 5 nitrogen and oxygen atoms in total. The normalized spacial score (nSPS) is 12.1. The average molecular weight is 215 g/mol. The van der Waals surface area contributed by atoms with Crippen LogP contribution in [0.25, 0.3) is 0 Å². The maximum Gasteiger partial charge on any atom is 0.241 e. The predicted octanol–water partition coefficient (Wildman–Crippen LogP) is -0.482. The van der Waals surface area contributed by atoms with Crippen LogP contribution in [0.5, 0.6) is 0 Å². The lowest BCUT2D eigenvalue weighted by Gasteiger charge is -2.23. The maximum absolute atomic E-state index is 11.7. The Hall–Kier alpha value is -1.10. The topological polar surface area (TPSA) is 66.6 Å². The van der Waals surface area contributed by atoms with Gasteiger partial charge in [-0.15, -0.1) is 0 Å². The van der Waals surface area contributed by atoms with Crippen LogP contribution in [0.1, 0.15) is 13.3 Å². The summed E-state index contributed by atoms with van der Waals surface area (Å²) in [6.45, 7) is 2.36. The summed E-state index contributed by atoms with van der Waals surface area (Å²) >= 11 is 0. The standard InChI is InChI=1S/C10H21N3O2/c1-5-8(6-11)10(15)13(4)7-9(14)12(2)3/h8H,5-7,11H2,1-4H3. The van der Waals surface area contributed by atoms with Crippen molar-refractivity contribution in [3.63, 3.8) is 0 Å². The molecule has 5 heteroatoms. The van der Waals surface area contributed by atoms with Gasteiger partial charge in [-0.3, -0.25) is 9.59 Å². The summed E-state index contributed by atoms with van der Waals surface area (Å²) in [7, 11) is 4.96. The van der Waals surface area contributed by atoms with Gasteiger partial charge in [0.15, 0.2) is 0 Å². The highest BCUT2D eigenvalue weighted by molar-refractivity contribution is 5.85. The smallest absolute Gasteiger partial charge is 0.241 e. The highest BCUT2D eigenvalue weighted by atomic mass is 16.2. The van der Waals surface area contributed by atoms with E-state index in [0.717, 1.165) is 0 Å². The van der Waals surface area contributed by atoms with Crippen LogP contribution in [0.4, 0.5) is 0 Å². The van der Waals surface area contributed by atoms with Gasteiger partial charge in [0.25, 0.3) is 0 Å². The zero-order valence-corrected chi connectivity index (χ0v) is 9.99. The number of amides is 2. The van der Waals surface area contributed by atoms with Crippen molar-refractivity contribution in [3.05, 3.63) is 0 Å². The zero-order valence-electron chi connectivity index (χ0n) is 9.99. The van der Waals surface area contributed by atoms with Crippen LogP contribution >= 0.6 is 0 Å². The molecule has 0 bridgehead atoms. The van der Waals surface area contributed by atoms with Gasteiger partial charge in [-0.05, 0) is 6.42 Å². The second-order valence-corrected chi connectivity index (χ2v) is 3.82. The first-order valence-corrected chi connectivity index (χ1v) is 5.09. The van der Waals surface area contributed by atoms with E-state index in [4.69, 9.17) is 5.73 Å². The number of nitrogens with two attached hydrogens (primary N) is 1. The molecule has 0 aromatic carbocycles. The van der Waals surface area contributed by atoms with Gasteiger partial charge < -0.3 is 15.5 Å². The molecule has 0 aliphatic rings. The number of carbonyl (C=O) groups is 2. The van der Waals surface area contributed by atoms with Crippen LogP contribution in [0, 0.1) is 5.92 Å². The fourth-order valence-electron chi connectivity index (χ4n) is 1.18. The SMILES string of the molecule is CCC(CN)C(=O)N(C)CC(=O)N(C)C. The first-order chi connectivity index (χ1) is 6.93. The number of hydrogen-bond acceptors (Lipinski definition) is 3. The lowest BCUT2D eigenvalue weighted by atomic mass is 10.1. The Labute approximate surface area is 91.2 Å². The second-order valence-electron chi connectivity index (χ2n) is 3.82. The van der Waals surface area contributed by atoms with E-state index in [0.29, 0.717) is 13.0 Å². The molecule has 1 unspecified atom stereocenters. The van der Waals surface area contributed by atoms with Crippen molar-refractivity contribution in [2.45, 2.75) is 13.3 Å². The van der Waals surface area contributed by atoms with Crippen LogP contribution in [0.2, 0.25) is 0 Å². The lowest BCUT2D eigenvalue weighted by Crippen LogP contribution is -2.42. The van der Waals surface area contributed by atoms with Crippen LogP contribution < -0.4 is 5.73 Å². The van der Waals surface area contributed by atoms with Crippen LogP contribution in [0.3, 0.4) is 0 Å². The molecule has 0 saturated heterocycles. The molecule has 0 spiro atoms. The minimum absolute atomic E-state index is 0.0600. The monoisotopic (exact) mass is 215 g/mol. The molecule has 2 N–H and O–H groups in total. The minimum Gasteiger partial charge on any atom is -0.347 e. The molecular weight excluding hydrogens is 194 g/mol. The summed E-state index contributed by atoms with van der Waals surface area (Å²) in [6, 6.07) is 0. The predicted molar refractivity (Wildman–Crippen MR) is 59.2 cm³/mol. The Morgan fingerprint density at radius 3 is 2.13 bits per heavy atom. The third-order valence-corrected chi connectivity index (χ3v) is 2.37. The van der Waals surface area contributed by atoms with Crippen molar-refractivity contribution < 1.29 is 9.59 Å². The van der Waals surface area contributed by atoms with E-state index in [1.54, 1.807) is 21.1 Å². The van der Waals surface area contributed by atoms with Crippen molar-refractivity contribution in [2.24, 2.45) is 11.7 Å².